The summed E-state index contributed by atoms with van der Waals surface area (Å²) in [5.74, 6) is 0. The summed E-state index contributed by atoms with van der Waals surface area (Å²) in [5.41, 5.74) is 1.35. The number of benzene rings is 1. The second-order valence-electron chi connectivity index (χ2n) is 5.18. The molecule has 3 heteroatoms. The molecule has 0 aromatic heterocycles. The number of hydrogen-bond acceptors (Lipinski definition) is 1. The number of nitrogens with zero attached hydrogens (tertiary/aromatic N) is 2. The maximum atomic E-state index is 4.87. The van der Waals surface area contributed by atoms with E-state index in [1.165, 1.54) is 31.5 Å². The molecule has 0 spiro atoms. The molecule has 2 rings (SSSR count). The Labute approximate surface area is 123 Å². The fraction of sp³-hybridized carbons (Fsp3) is 0.600. The van der Waals surface area contributed by atoms with Crippen molar-refractivity contribution >= 4 is 0 Å². The van der Waals surface area contributed by atoms with E-state index in [1.54, 1.807) is 0 Å². The molecular formula is C15H23LiN2. The first-order valence-electron chi connectivity index (χ1n) is 6.73. The van der Waals surface area contributed by atoms with E-state index < -0.39 is 0 Å². The zero-order chi connectivity index (χ0) is 12.1. The van der Waals surface area contributed by atoms with Crippen LogP contribution >= 0.6 is 0 Å². The van der Waals surface area contributed by atoms with Gasteiger partial charge in [-0.05, 0) is 32.5 Å². The second-order valence-corrected chi connectivity index (χ2v) is 5.18. The minimum Gasteiger partial charge on any atom is -0.652 e. The van der Waals surface area contributed by atoms with Gasteiger partial charge in [0, 0.05) is 0 Å². The van der Waals surface area contributed by atoms with Gasteiger partial charge in [0.2, 0.25) is 0 Å². The fourth-order valence-electron chi connectivity index (χ4n) is 2.48. The molecule has 1 aromatic rings. The minimum atomic E-state index is 0. The van der Waals surface area contributed by atoms with Crippen LogP contribution in [0.25, 0.3) is 5.32 Å². The first-order valence-corrected chi connectivity index (χ1v) is 6.73. The third-order valence-corrected chi connectivity index (χ3v) is 3.29. The summed E-state index contributed by atoms with van der Waals surface area (Å²) in [6, 6.07) is 11.5. The fourth-order valence-corrected chi connectivity index (χ4v) is 2.48. The first kappa shape index (κ1) is 15.8. The van der Waals surface area contributed by atoms with Gasteiger partial charge in [0.15, 0.2) is 0 Å². The molecule has 1 saturated heterocycles. The van der Waals surface area contributed by atoms with E-state index in [4.69, 9.17) is 5.32 Å². The van der Waals surface area contributed by atoms with E-state index in [0.717, 1.165) is 6.54 Å². The zero-order valence-electron chi connectivity index (χ0n) is 12.0. The van der Waals surface area contributed by atoms with Gasteiger partial charge in [-0.1, -0.05) is 55.8 Å². The van der Waals surface area contributed by atoms with E-state index in [9.17, 15) is 0 Å². The Bertz CT molecular complexity index is 321. The summed E-state index contributed by atoms with van der Waals surface area (Å²) in [6.45, 7) is 7.91. The van der Waals surface area contributed by atoms with Crippen LogP contribution in [0.4, 0.5) is 0 Å². The topological polar surface area (TPSA) is 17.3 Å². The van der Waals surface area contributed by atoms with Crippen LogP contribution in [-0.4, -0.2) is 30.6 Å². The molecule has 94 valence electrons. The quantitative estimate of drug-likeness (QED) is 0.687. The van der Waals surface area contributed by atoms with E-state index in [-0.39, 0.29) is 18.9 Å². The predicted molar refractivity (Wildman–Crippen MR) is 73.4 cm³/mol. The van der Waals surface area contributed by atoms with Crippen LogP contribution in [-0.2, 0) is 0 Å². The van der Waals surface area contributed by atoms with E-state index >= 15 is 0 Å². The molecule has 2 nitrogen and oxygen atoms in total. The van der Waals surface area contributed by atoms with Crippen molar-refractivity contribution in [1.82, 2.24) is 4.90 Å². The Morgan fingerprint density at radius 2 is 1.72 bits per heavy atom. The normalized spacial score (nSPS) is 17.7. The van der Waals surface area contributed by atoms with Crippen LogP contribution < -0.4 is 18.9 Å². The van der Waals surface area contributed by atoms with E-state index in [1.807, 2.05) is 0 Å². The Morgan fingerprint density at radius 3 is 2.28 bits per heavy atom. The summed E-state index contributed by atoms with van der Waals surface area (Å²) in [7, 11) is 0. The summed E-state index contributed by atoms with van der Waals surface area (Å²) in [5, 5.41) is 4.87. The van der Waals surface area contributed by atoms with Crippen LogP contribution in [0.3, 0.4) is 0 Å². The van der Waals surface area contributed by atoms with Gasteiger partial charge in [-0.2, -0.15) is 0 Å². The maximum Gasteiger partial charge on any atom is 1.00 e. The Kier molecular flexibility index (Phi) is 7.04. The van der Waals surface area contributed by atoms with Crippen molar-refractivity contribution < 1.29 is 18.9 Å². The van der Waals surface area contributed by atoms with E-state index in [2.05, 4.69) is 49.1 Å². The van der Waals surface area contributed by atoms with Crippen LogP contribution in [0.5, 0.6) is 0 Å². The SMILES string of the molecule is CC(C)[N-][C@@H](CN1CCCC1)c1ccccc1.[Li+]. The van der Waals surface area contributed by atoms with Crippen molar-refractivity contribution in [2.45, 2.75) is 38.8 Å². The largest absolute Gasteiger partial charge is 1.00 e. The van der Waals surface area contributed by atoms with Crippen LogP contribution in [0.1, 0.15) is 38.3 Å². The molecule has 18 heavy (non-hydrogen) atoms. The summed E-state index contributed by atoms with van der Waals surface area (Å²) < 4.78 is 0. The average molecular weight is 238 g/mol. The molecule has 1 fully saturated rings. The number of rotatable bonds is 5. The smallest absolute Gasteiger partial charge is 0.652 e. The van der Waals surface area contributed by atoms with Crippen molar-refractivity contribution in [2.24, 2.45) is 0 Å². The van der Waals surface area contributed by atoms with Crippen LogP contribution in [0.2, 0.25) is 0 Å². The van der Waals surface area contributed by atoms with E-state index in [0.29, 0.717) is 12.1 Å². The molecule has 0 bridgehead atoms. The average Bonchev–Trinajstić information content (AvgIpc) is 2.82. The molecule has 0 saturated carbocycles. The predicted octanol–water partition coefficient (Wildman–Crippen LogP) is 0.610. The minimum absolute atomic E-state index is 0. The summed E-state index contributed by atoms with van der Waals surface area (Å²) in [6.07, 6.45) is 2.70. The molecule has 0 aliphatic carbocycles. The van der Waals surface area contributed by atoms with Crippen LogP contribution in [0.15, 0.2) is 30.3 Å². The molecule has 0 amide bonds. The Morgan fingerprint density at radius 1 is 1.11 bits per heavy atom. The van der Waals surface area contributed by atoms with Gasteiger partial charge in [-0.25, -0.2) is 0 Å². The van der Waals surface area contributed by atoms with Crippen molar-refractivity contribution in [3.05, 3.63) is 41.2 Å². The number of hydrogen-bond donors (Lipinski definition) is 0. The third-order valence-electron chi connectivity index (χ3n) is 3.29. The van der Waals surface area contributed by atoms with Gasteiger partial charge >= 0.3 is 18.9 Å². The standard InChI is InChI=1S/C15H23N2.Li/c1-13(2)16-15(12-17-10-6-7-11-17)14-8-4-3-5-9-14;/h3-5,8-9,13,15H,6-7,10-12H2,1-2H3;/q-1;+1/t15-;/m0./s1. The maximum absolute atomic E-state index is 4.87. The van der Waals surface area contributed by atoms with Crippen molar-refractivity contribution in [2.75, 3.05) is 19.6 Å². The zero-order valence-corrected chi connectivity index (χ0v) is 12.0. The Balaban J connectivity index is 0.00000162. The number of likely N-dealkylation sites (tertiary alicyclic amines) is 1. The Hall–Kier alpha value is -0.263. The van der Waals surface area contributed by atoms with Crippen molar-refractivity contribution in [3.63, 3.8) is 0 Å². The summed E-state index contributed by atoms with van der Waals surface area (Å²) in [4.78, 5) is 2.55. The molecule has 1 aliphatic rings. The molecule has 1 aromatic carbocycles. The molecule has 0 radical (unpaired) electrons. The van der Waals surface area contributed by atoms with Gasteiger partial charge in [0.25, 0.3) is 0 Å². The molecule has 1 heterocycles. The molecular weight excluding hydrogens is 215 g/mol. The van der Waals surface area contributed by atoms with Gasteiger partial charge in [0.1, 0.15) is 0 Å². The summed E-state index contributed by atoms with van der Waals surface area (Å²) >= 11 is 0. The monoisotopic (exact) mass is 238 g/mol. The van der Waals surface area contributed by atoms with Gasteiger partial charge in [-0.3, -0.25) is 0 Å². The van der Waals surface area contributed by atoms with Crippen molar-refractivity contribution in [3.8, 4) is 0 Å². The second kappa shape index (κ2) is 8.02. The third kappa shape index (κ3) is 4.78. The first-order chi connectivity index (χ1) is 8.25. The van der Waals surface area contributed by atoms with Gasteiger partial charge < -0.3 is 10.2 Å². The van der Waals surface area contributed by atoms with Gasteiger partial charge in [-0.15, -0.1) is 6.04 Å². The molecule has 0 N–H and O–H groups in total. The molecule has 0 unspecified atom stereocenters. The van der Waals surface area contributed by atoms with Gasteiger partial charge in [0.05, 0.1) is 0 Å². The molecule has 1 atom stereocenters. The van der Waals surface area contributed by atoms with Crippen LogP contribution in [0, 0.1) is 0 Å². The van der Waals surface area contributed by atoms with Crippen molar-refractivity contribution in [1.29, 1.82) is 0 Å². The molecule has 1 aliphatic heterocycles.